The third kappa shape index (κ3) is 3.34. The Morgan fingerprint density at radius 1 is 1.47 bits per heavy atom. The lowest BCUT2D eigenvalue weighted by Crippen LogP contribution is -2.49. The Morgan fingerprint density at radius 3 is 2.60 bits per heavy atom. The van der Waals surface area contributed by atoms with E-state index in [0.717, 1.165) is 5.56 Å². The van der Waals surface area contributed by atoms with Crippen LogP contribution in [0.4, 0.5) is 0 Å². The average Bonchev–Trinajstić information content (AvgIpc) is 2.27. The second-order valence-electron chi connectivity index (χ2n) is 3.64. The van der Waals surface area contributed by atoms with Crippen LogP contribution in [0.5, 0.6) is 0 Å². The van der Waals surface area contributed by atoms with Crippen molar-refractivity contribution in [2.45, 2.75) is 19.1 Å². The molecule has 0 saturated carbocycles. The first-order valence-corrected chi connectivity index (χ1v) is 4.67. The number of ether oxygens (including phenoxy) is 1. The van der Waals surface area contributed by atoms with Crippen LogP contribution in [0, 0.1) is 0 Å². The number of nitrogens with two attached hydrogens (primary N) is 1. The van der Waals surface area contributed by atoms with Crippen LogP contribution in [0.1, 0.15) is 12.5 Å². The fourth-order valence-corrected chi connectivity index (χ4v) is 0.953. The second-order valence-corrected chi connectivity index (χ2v) is 3.64. The second kappa shape index (κ2) is 4.91. The quantitative estimate of drug-likeness (QED) is 0.706. The molecule has 82 valence electrons. The Balaban J connectivity index is 2.48. The smallest absolute Gasteiger partial charge is 0.328 e. The molecule has 0 radical (unpaired) electrons. The molecular weight excluding hydrogens is 194 g/mol. The summed E-state index contributed by atoms with van der Waals surface area (Å²) < 4.78 is 4.96. The molecular formula is C11H15NO3. The molecule has 0 fully saturated rings. The number of aliphatic hydroxyl groups excluding tert-OH is 1. The van der Waals surface area contributed by atoms with Gasteiger partial charge in [0, 0.05) is 0 Å². The van der Waals surface area contributed by atoms with E-state index in [0.29, 0.717) is 0 Å². The maximum absolute atomic E-state index is 11.4. The molecule has 0 saturated heterocycles. The van der Waals surface area contributed by atoms with Crippen LogP contribution in [0.15, 0.2) is 30.3 Å². The molecule has 0 amide bonds. The Labute approximate surface area is 88.7 Å². The van der Waals surface area contributed by atoms with Gasteiger partial charge in [-0.1, -0.05) is 30.3 Å². The highest BCUT2D eigenvalue weighted by Crippen LogP contribution is 2.05. The zero-order valence-corrected chi connectivity index (χ0v) is 8.64. The summed E-state index contributed by atoms with van der Waals surface area (Å²) in [6.07, 6.45) is 0. The summed E-state index contributed by atoms with van der Waals surface area (Å²) in [5.41, 5.74) is 5.06. The van der Waals surface area contributed by atoms with Crippen LogP contribution in [0.3, 0.4) is 0 Å². The molecule has 4 nitrogen and oxygen atoms in total. The lowest BCUT2D eigenvalue weighted by molar-refractivity contribution is -0.152. The summed E-state index contributed by atoms with van der Waals surface area (Å²) in [4.78, 5) is 11.4. The number of carbonyl (C=O) groups is 1. The first-order valence-electron chi connectivity index (χ1n) is 4.67. The first kappa shape index (κ1) is 11.7. The Hall–Kier alpha value is -1.39. The van der Waals surface area contributed by atoms with Gasteiger partial charge in [0.25, 0.3) is 0 Å². The first-order chi connectivity index (χ1) is 7.06. The van der Waals surface area contributed by atoms with Gasteiger partial charge in [0.15, 0.2) is 0 Å². The van der Waals surface area contributed by atoms with Crippen LogP contribution in [0.2, 0.25) is 0 Å². The molecule has 3 N–H and O–H groups in total. The maximum atomic E-state index is 11.4. The van der Waals surface area contributed by atoms with E-state index in [1.54, 1.807) is 0 Å². The van der Waals surface area contributed by atoms with E-state index in [1.165, 1.54) is 6.92 Å². The molecule has 0 unspecified atom stereocenters. The van der Waals surface area contributed by atoms with Gasteiger partial charge >= 0.3 is 5.97 Å². The highest BCUT2D eigenvalue weighted by atomic mass is 16.5. The molecule has 0 spiro atoms. The molecule has 4 heteroatoms. The molecule has 0 aliphatic heterocycles. The van der Waals surface area contributed by atoms with E-state index in [9.17, 15) is 4.79 Å². The fraction of sp³-hybridized carbons (Fsp3) is 0.364. The Morgan fingerprint density at radius 2 is 2.07 bits per heavy atom. The minimum absolute atomic E-state index is 0.173. The van der Waals surface area contributed by atoms with Crippen molar-refractivity contribution in [3.63, 3.8) is 0 Å². The van der Waals surface area contributed by atoms with Crippen molar-refractivity contribution in [1.82, 2.24) is 0 Å². The topological polar surface area (TPSA) is 72.5 Å². The molecule has 0 aliphatic carbocycles. The number of rotatable bonds is 4. The van der Waals surface area contributed by atoms with Crippen molar-refractivity contribution in [1.29, 1.82) is 0 Å². The molecule has 1 aromatic rings. The van der Waals surface area contributed by atoms with Crippen molar-refractivity contribution >= 4 is 5.97 Å². The van der Waals surface area contributed by atoms with E-state index < -0.39 is 18.1 Å². The molecule has 1 atom stereocenters. The predicted octanol–water partition coefficient (Wildman–Crippen LogP) is 0.439. The molecule has 15 heavy (non-hydrogen) atoms. The van der Waals surface area contributed by atoms with E-state index in [4.69, 9.17) is 15.6 Å². The zero-order chi connectivity index (χ0) is 11.3. The number of hydrogen-bond acceptors (Lipinski definition) is 4. The summed E-state index contributed by atoms with van der Waals surface area (Å²) >= 11 is 0. The van der Waals surface area contributed by atoms with Crippen molar-refractivity contribution in [2.75, 3.05) is 6.61 Å². The van der Waals surface area contributed by atoms with Crippen LogP contribution in [0.25, 0.3) is 0 Å². The fourth-order valence-electron chi connectivity index (χ4n) is 0.953. The van der Waals surface area contributed by atoms with Crippen molar-refractivity contribution < 1.29 is 14.6 Å². The summed E-state index contributed by atoms with van der Waals surface area (Å²) in [6, 6.07) is 9.29. The lowest BCUT2D eigenvalue weighted by atomic mass is 10.1. The molecule has 0 heterocycles. The number of carbonyl (C=O) groups excluding carboxylic acids is 1. The van der Waals surface area contributed by atoms with Crippen LogP contribution in [-0.2, 0) is 16.1 Å². The highest BCUT2D eigenvalue weighted by Gasteiger charge is 2.29. The van der Waals surface area contributed by atoms with Gasteiger partial charge in [-0.2, -0.15) is 0 Å². The van der Waals surface area contributed by atoms with Gasteiger partial charge in [0.05, 0.1) is 6.61 Å². The predicted molar refractivity (Wildman–Crippen MR) is 55.9 cm³/mol. The van der Waals surface area contributed by atoms with E-state index >= 15 is 0 Å². The zero-order valence-electron chi connectivity index (χ0n) is 8.64. The summed E-state index contributed by atoms with van der Waals surface area (Å²) in [5.74, 6) is -0.603. The third-order valence-electron chi connectivity index (χ3n) is 2.01. The van der Waals surface area contributed by atoms with Gasteiger partial charge in [0.2, 0.25) is 0 Å². The van der Waals surface area contributed by atoms with Gasteiger partial charge in [-0.15, -0.1) is 0 Å². The molecule has 0 aliphatic rings. The number of hydrogen-bond donors (Lipinski definition) is 2. The van der Waals surface area contributed by atoms with Gasteiger partial charge < -0.3 is 15.6 Å². The number of aliphatic hydroxyl groups is 1. The van der Waals surface area contributed by atoms with E-state index in [1.807, 2.05) is 30.3 Å². The maximum Gasteiger partial charge on any atom is 0.328 e. The Bertz CT molecular complexity index is 322. The van der Waals surface area contributed by atoms with Crippen molar-refractivity contribution in [3.05, 3.63) is 35.9 Å². The largest absolute Gasteiger partial charge is 0.459 e. The number of benzene rings is 1. The normalized spacial score (nSPS) is 14.3. The average molecular weight is 209 g/mol. The molecule has 1 rings (SSSR count). The minimum Gasteiger partial charge on any atom is -0.459 e. The van der Waals surface area contributed by atoms with Gasteiger partial charge in [0.1, 0.15) is 12.1 Å². The third-order valence-corrected chi connectivity index (χ3v) is 2.01. The van der Waals surface area contributed by atoms with E-state index in [2.05, 4.69) is 0 Å². The monoisotopic (exact) mass is 209 g/mol. The lowest BCUT2D eigenvalue weighted by Gasteiger charge is -2.19. The van der Waals surface area contributed by atoms with Crippen molar-refractivity contribution in [2.24, 2.45) is 5.73 Å². The number of esters is 1. The summed E-state index contributed by atoms with van der Waals surface area (Å²) in [6.45, 7) is 1.17. The van der Waals surface area contributed by atoms with Crippen LogP contribution < -0.4 is 5.73 Å². The minimum atomic E-state index is -1.32. The Kier molecular flexibility index (Phi) is 3.82. The highest BCUT2D eigenvalue weighted by molar-refractivity contribution is 5.80. The van der Waals surface area contributed by atoms with Gasteiger partial charge in [-0.3, -0.25) is 0 Å². The van der Waals surface area contributed by atoms with Gasteiger partial charge in [-0.05, 0) is 12.5 Å². The van der Waals surface area contributed by atoms with Gasteiger partial charge in [-0.25, -0.2) is 4.79 Å². The van der Waals surface area contributed by atoms with Crippen LogP contribution in [-0.4, -0.2) is 23.2 Å². The molecule has 1 aromatic carbocycles. The standard InChI is InChI=1S/C11H15NO3/c1-11(12,8-13)10(14)15-7-9-5-3-2-4-6-9/h2-6,13H,7-8,12H2,1H3/t11-/m1/s1. The van der Waals surface area contributed by atoms with Crippen molar-refractivity contribution in [3.8, 4) is 0 Å². The van der Waals surface area contributed by atoms with E-state index in [-0.39, 0.29) is 6.61 Å². The summed E-state index contributed by atoms with van der Waals surface area (Å²) in [5, 5.41) is 8.84. The SMILES string of the molecule is C[C@@](N)(CO)C(=O)OCc1ccccc1. The molecule has 0 aromatic heterocycles. The summed E-state index contributed by atoms with van der Waals surface area (Å²) in [7, 11) is 0. The van der Waals surface area contributed by atoms with Crippen LogP contribution >= 0.6 is 0 Å². The molecule has 0 bridgehead atoms.